The Hall–Kier alpha value is -2.54. The Balaban J connectivity index is 1.26. The Morgan fingerprint density at radius 1 is 0.971 bits per heavy atom. The zero-order valence-electron chi connectivity index (χ0n) is 20.0. The fraction of sp³-hybridized carbons (Fsp3) is 0.519. The van der Waals surface area contributed by atoms with Crippen molar-refractivity contribution < 1.29 is 17.9 Å². The van der Waals surface area contributed by atoms with E-state index in [4.69, 9.17) is 4.74 Å². The van der Waals surface area contributed by atoms with Gasteiger partial charge in [-0.15, -0.1) is 0 Å². The van der Waals surface area contributed by atoms with Crippen LogP contribution in [0.5, 0.6) is 5.75 Å². The van der Waals surface area contributed by atoms with Crippen molar-refractivity contribution in [2.45, 2.75) is 50.9 Å². The summed E-state index contributed by atoms with van der Waals surface area (Å²) in [5.74, 6) is 2.94. The molecule has 0 atom stereocenters. The number of carbonyl (C=O) groups is 1. The molecule has 6 nitrogen and oxygen atoms in total. The van der Waals surface area contributed by atoms with Crippen LogP contribution in [0, 0.1) is 17.8 Å². The van der Waals surface area contributed by atoms with Crippen molar-refractivity contribution in [2.24, 2.45) is 17.8 Å². The Morgan fingerprint density at radius 2 is 1.53 bits per heavy atom. The van der Waals surface area contributed by atoms with Crippen LogP contribution in [0.4, 0.5) is 11.4 Å². The van der Waals surface area contributed by atoms with Gasteiger partial charge >= 0.3 is 0 Å². The lowest BCUT2D eigenvalue weighted by molar-refractivity contribution is -0.114. The number of nitrogens with zero attached hydrogens (tertiary/aromatic N) is 1. The number of hydrogen-bond donors (Lipinski definition) is 1. The van der Waals surface area contributed by atoms with Crippen molar-refractivity contribution >= 4 is 27.3 Å². The van der Waals surface area contributed by atoms with Crippen molar-refractivity contribution in [3.63, 3.8) is 0 Å². The van der Waals surface area contributed by atoms with Crippen LogP contribution in [-0.2, 0) is 20.2 Å². The second-order valence-corrected chi connectivity index (χ2v) is 12.4. The molecule has 0 radical (unpaired) electrons. The van der Waals surface area contributed by atoms with Gasteiger partial charge in [-0.1, -0.05) is 12.1 Å². The molecule has 4 bridgehead atoms. The van der Waals surface area contributed by atoms with E-state index in [1.807, 2.05) is 19.1 Å². The van der Waals surface area contributed by atoms with Crippen molar-refractivity contribution in [1.29, 1.82) is 0 Å². The second-order valence-electron chi connectivity index (χ2n) is 10.5. The number of carbonyl (C=O) groups excluding carboxylic acids is 1. The molecule has 4 aliphatic rings. The highest BCUT2D eigenvalue weighted by Gasteiger charge is 2.51. The highest BCUT2D eigenvalue weighted by Crippen LogP contribution is 2.60. The largest absolute Gasteiger partial charge is 0.494 e. The van der Waals surface area contributed by atoms with Crippen molar-refractivity contribution in [3.8, 4) is 5.75 Å². The molecule has 4 fully saturated rings. The fourth-order valence-corrected chi connectivity index (χ4v) is 7.83. The average molecular weight is 483 g/mol. The van der Waals surface area contributed by atoms with E-state index in [1.54, 1.807) is 24.3 Å². The topological polar surface area (TPSA) is 75.7 Å². The number of benzene rings is 2. The number of anilines is 2. The number of amides is 1. The SMILES string of the molecule is CCOc1ccc(N(CC(=O)Nc2ccc(C34CC5CC(CC(C5)C3)C4)cc2)S(C)(=O)=O)cc1. The van der Waals surface area contributed by atoms with E-state index in [1.165, 1.54) is 44.1 Å². The van der Waals surface area contributed by atoms with Crippen molar-refractivity contribution in [1.82, 2.24) is 0 Å². The minimum Gasteiger partial charge on any atom is -0.494 e. The number of ether oxygens (including phenoxy) is 1. The molecule has 0 spiro atoms. The van der Waals surface area contributed by atoms with E-state index < -0.39 is 10.0 Å². The second kappa shape index (κ2) is 8.91. The molecule has 0 saturated heterocycles. The first-order chi connectivity index (χ1) is 16.2. The summed E-state index contributed by atoms with van der Waals surface area (Å²) in [5, 5.41) is 2.88. The fourth-order valence-electron chi connectivity index (χ4n) is 6.98. The molecule has 0 aliphatic heterocycles. The molecule has 4 aliphatic carbocycles. The van der Waals surface area contributed by atoms with Gasteiger partial charge in [0.2, 0.25) is 15.9 Å². The van der Waals surface area contributed by atoms with Crippen LogP contribution in [0.3, 0.4) is 0 Å². The van der Waals surface area contributed by atoms with Crippen LogP contribution < -0.4 is 14.4 Å². The smallest absolute Gasteiger partial charge is 0.245 e. The molecular formula is C27H34N2O4S. The van der Waals surface area contributed by atoms with E-state index in [0.717, 1.165) is 28.3 Å². The summed E-state index contributed by atoms with van der Waals surface area (Å²) in [6.45, 7) is 2.12. The van der Waals surface area contributed by atoms with E-state index in [-0.39, 0.29) is 12.5 Å². The van der Waals surface area contributed by atoms with Crippen molar-refractivity contribution in [3.05, 3.63) is 54.1 Å². The number of rotatable bonds is 8. The van der Waals surface area contributed by atoms with Gasteiger partial charge in [-0.05, 0) is 111 Å². The van der Waals surface area contributed by atoms with Gasteiger partial charge < -0.3 is 10.1 Å². The van der Waals surface area contributed by atoms with Gasteiger partial charge in [0.15, 0.2) is 0 Å². The van der Waals surface area contributed by atoms with E-state index >= 15 is 0 Å². The first kappa shape index (κ1) is 23.2. The molecule has 6 rings (SSSR count). The van der Waals surface area contributed by atoms with Crippen LogP contribution >= 0.6 is 0 Å². The Morgan fingerprint density at radius 3 is 2.03 bits per heavy atom. The lowest BCUT2D eigenvalue weighted by atomic mass is 9.48. The highest BCUT2D eigenvalue weighted by molar-refractivity contribution is 7.92. The monoisotopic (exact) mass is 482 g/mol. The molecule has 2 aromatic carbocycles. The molecular weight excluding hydrogens is 448 g/mol. The zero-order valence-corrected chi connectivity index (χ0v) is 20.8. The number of sulfonamides is 1. The van der Waals surface area contributed by atoms with Gasteiger partial charge in [-0.2, -0.15) is 0 Å². The lowest BCUT2D eigenvalue weighted by Crippen LogP contribution is -2.48. The first-order valence-electron chi connectivity index (χ1n) is 12.3. The Labute approximate surface area is 202 Å². The molecule has 2 aromatic rings. The molecule has 4 saturated carbocycles. The normalized spacial score (nSPS) is 27.4. The molecule has 1 N–H and O–H groups in total. The maximum atomic E-state index is 12.8. The van der Waals surface area contributed by atoms with Gasteiger partial charge in [0, 0.05) is 5.69 Å². The summed E-state index contributed by atoms with van der Waals surface area (Å²) < 4.78 is 31.3. The highest BCUT2D eigenvalue weighted by atomic mass is 32.2. The van der Waals surface area contributed by atoms with Gasteiger partial charge in [-0.3, -0.25) is 9.10 Å². The number of nitrogens with one attached hydrogen (secondary N) is 1. The van der Waals surface area contributed by atoms with Gasteiger partial charge in [0.1, 0.15) is 12.3 Å². The van der Waals surface area contributed by atoms with Crippen LogP contribution in [0.25, 0.3) is 0 Å². The summed E-state index contributed by atoms with van der Waals surface area (Å²) in [5.41, 5.74) is 2.84. The summed E-state index contributed by atoms with van der Waals surface area (Å²) in [7, 11) is -3.63. The predicted molar refractivity (Wildman–Crippen MR) is 135 cm³/mol. The average Bonchev–Trinajstić information content (AvgIpc) is 2.77. The van der Waals surface area contributed by atoms with E-state index in [2.05, 4.69) is 17.4 Å². The Bertz CT molecular complexity index is 1110. The molecule has 1 amide bonds. The zero-order chi connectivity index (χ0) is 23.9. The van der Waals surface area contributed by atoms with Crippen LogP contribution in [0.1, 0.15) is 51.0 Å². The van der Waals surface area contributed by atoms with Crippen LogP contribution in [-0.4, -0.2) is 33.7 Å². The third-order valence-corrected chi connectivity index (χ3v) is 9.08. The summed E-state index contributed by atoms with van der Waals surface area (Å²) in [6, 6.07) is 15.0. The minimum absolute atomic E-state index is 0.288. The molecule has 34 heavy (non-hydrogen) atoms. The predicted octanol–water partition coefficient (Wildman–Crippen LogP) is 4.96. The van der Waals surface area contributed by atoms with Gasteiger partial charge in [0.25, 0.3) is 0 Å². The first-order valence-corrected chi connectivity index (χ1v) is 14.2. The minimum atomic E-state index is -3.63. The van der Waals surface area contributed by atoms with E-state index in [9.17, 15) is 13.2 Å². The van der Waals surface area contributed by atoms with E-state index in [0.29, 0.717) is 29.1 Å². The molecule has 0 aromatic heterocycles. The Kier molecular flexibility index (Phi) is 6.09. The van der Waals surface area contributed by atoms with Crippen molar-refractivity contribution in [2.75, 3.05) is 29.0 Å². The number of hydrogen-bond acceptors (Lipinski definition) is 4. The maximum absolute atomic E-state index is 12.8. The third kappa shape index (κ3) is 4.67. The van der Waals surface area contributed by atoms with Crippen LogP contribution in [0.15, 0.2) is 48.5 Å². The molecule has 182 valence electrons. The molecule has 0 heterocycles. The van der Waals surface area contributed by atoms with Crippen LogP contribution in [0.2, 0.25) is 0 Å². The maximum Gasteiger partial charge on any atom is 0.245 e. The van der Waals surface area contributed by atoms with Gasteiger partial charge in [-0.25, -0.2) is 8.42 Å². The van der Waals surface area contributed by atoms with Gasteiger partial charge in [0.05, 0.1) is 18.6 Å². The summed E-state index contributed by atoms with van der Waals surface area (Å²) in [6.07, 6.45) is 9.26. The molecule has 7 heteroatoms. The quantitative estimate of drug-likeness (QED) is 0.577. The third-order valence-electron chi connectivity index (χ3n) is 7.94. The summed E-state index contributed by atoms with van der Waals surface area (Å²) >= 11 is 0. The lowest BCUT2D eigenvalue weighted by Gasteiger charge is -2.57. The molecule has 0 unspecified atom stereocenters. The summed E-state index contributed by atoms with van der Waals surface area (Å²) in [4.78, 5) is 12.8. The standard InChI is InChI=1S/C27H34N2O4S/c1-3-33-25-10-8-24(9-11-25)29(34(2,31)32)18-26(30)28-23-6-4-22(5-7-23)27-15-19-12-20(16-27)14-21(13-19)17-27/h4-11,19-21H,3,12-18H2,1-2H3,(H,28,30).